The Kier molecular flexibility index (Phi) is 5.63. The van der Waals surface area contributed by atoms with Crippen molar-refractivity contribution in [1.29, 1.82) is 0 Å². The minimum Gasteiger partial charge on any atom is -0.456 e. The molecule has 0 amide bonds. The summed E-state index contributed by atoms with van der Waals surface area (Å²) in [6, 6.07) is 59.3. The van der Waals surface area contributed by atoms with Crippen LogP contribution in [0.2, 0.25) is 0 Å². The summed E-state index contributed by atoms with van der Waals surface area (Å²) in [7, 11) is 0. The highest BCUT2D eigenvalue weighted by molar-refractivity contribution is 7.33. The number of nitrogens with zero attached hydrogens (tertiary/aromatic N) is 2. The number of furan rings is 1. The number of fused-ring (bicyclic) bond motifs is 9. The van der Waals surface area contributed by atoms with Crippen LogP contribution in [-0.2, 0) is 0 Å². The van der Waals surface area contributed by atoms with Crippen LogP contribution in [0.25, 0.3) is 43.2 Å². The maximum absolute atomic E-state index is 6.22. The van der Waals surface area contributed by atoms with Gasteiger partial charge in [0.05, 0.1) is 5.69 Å². The van der Waals surface area contributed by atoms with Gasteiger partial charge in [-0.15, -0.1) is 11.3 Å². The van der Waals surface area contributed by atoms with Gasteiger partial charge >= 0.3 is 0 Å². The molecule has 2 aromatic heterocycles. The zero-order valence-electron chi connectivity index (χ0n) is 26.4. The smallest absolute Gasteiger partial charge is 0.264 e. The first-order valence-electron chi connectivity index (χ1n) is 16.7. The minimum atomic E-state index is 0.136. The van der Waals surface area contributed by atoms with E-state index in [-0.39, 0.29) is 6.71 Å². The summed E-state index contributed by atoms with van der Waals surface area (Å²) in [4.78, 5) is 4.96. The summed E-state index contributed by atoms with van der Waals surface area (Å²) < 4.78 is 8.94. The van der Waals surface area contributed by atoms with Crippen LogP contribution >= 0.6 is 11.3 Å². The Morgan fingerprint density at radius 2 is 1.14 bits per heavy atom. The Morgan fingerprint density at radius 1 is 0.490 bits per heavy atom. The van der Waals surface area contributed by atoms with Crippen molar-refractivity contribution in [2.45, 2.75) is 0 Å². The Hall–Kier alpha value is -6.04. The van der Waals surface area contributed by atoms with Gasteiger partial charge in [-0.3, -0.25) is 0 Å². The van der Waals surface area contributed by atoms with Crippen LogP contribution in [0.15, 0.2) is 168 Å². The second kappa shape index (κ2) is 10.2. The normalized spacial score (nSPS) is 13.2. The molecule has 0 bridgehead atoms. The quantitative estimate of drug-likeness (QED) is 0.179. The van der Waals surface area contributed by atoms with Crippen LogP contribution in [-0.4, -0.2) is 6.71 Å². The summed E-state index contributed by atoms with van der Waals surface area (Å²) in [5, 5.41) is 3.61. The molecule has 11 rings (SSSR count). The van der Waals surface area contributed by atoms with E-state index in [1.54, 1.807) is 0 Å². The van der Waals surface area contributed by atoms with E-state index < -0.39 is 0 Å². The summed E-state index contributed by atoms with van der Waals surface area (Å²) in [6.07, 6.45) is 0. The van der Waals surface area contributed by atoms with E-state index in [1.165, 1.54) is 65.4 Å². The monoisotopic (exact) mass is 642 g/mol. The lowest BCUT2D eigenvalue weighted by atomic mass is 9.36. The van der Waals surface area contributed by atoms with Gasteiger partial charge < -0.3 is 14.2 Å². The maximum Gasteiger partial charge on any atom is 0.264 e. The molecule has 0 unspecified atom stereocenters. The first kappa shape index (κ1) is 27.0. The lowest BCUT2D eigenvalue weighted by Crippen LogP contribution is -2.60. The van der Waals surface area contributed by atoms with Crippen LogP contribution < -0.4 is 25.5 Å². The zero-order valence-corrected chi connectivity index (χ0v) is 27.2. The van der Waals surface area contributed by atoms with E-state index in [0.29, 0.717) is 0 Å². The van der Waals surface area contributed by atoms with Crippen molar-refractivity contribution < 1.29 is 4.42 Å². The van der Waals surface area contributed by atoms with Gasteiger partial charge in [0.15, 0.2) is 0 Å². The SMILES string of the molecule is c1ccc(N2c3cccc4c3B(c3ccccc3N4c3ccc(-c4cccc5oc6ccccc6c45)cc3)c3sc4ccccc4c32)cc1. The van der Waals surface area contributed by atoms with Crippen LogP contribution in [0.4, 0.5) is 34.1 Å². The third kappa shape index (κ3) is 3.79. The molecular formula is C44H27BN2OS. The number of anilines is 6. The average Bonchev–Trinajstić information content (AvgIpc) is 3.74. The number of thiophene rings is 1. The van der Waals surface area contributed by atoms with Crippen molar-refractivity contribution in [3.8, 4) is 11.1 Å². The maximum atomic E-state index is 6.22. The topological polar surface area (TPSA) is 19.6 Å². The van der Waals surface area contributed by atoms with Gasteiger partial charge in [-0.2, -0.15) is 0 Å². The molecule has 0 N–H and O–H groups in total. The van der Waals surface area contributed by atoms with Gasteiger partial charge in [-0.25, -0.2) is 0 Å². The Bertz CT molecular complexity index is 2750. The van der Waals surface area contributed by atoms with Crippen molar-refractivity contribution in [3.05, 3.63) is 164 Å². The Morgan fingerprint density at radius 3 is 2.02 bits per heavy atom. The highest BCUT2D eigenvalue weighted by atomic mass is 32.1. The van der Waals surface area contributed by atoms with Crippen molar-refractivity contribution in [2.24, 2.45) is 0 Å². The standard InChI is InChI=1S/C44H27BN2OS/c1-2-12-29(13-3-1)47-37-20-11-19-36-42(37)45(44-43(47)33-15-5-9-23-40(33)49-44)34-17-6-7-18-35(34)46(36)30-26-24-28(25-27-30)31-16-10-22-39-41(31)32-14-4-8-21-38(32)48-39/h1-27H. The average molecular weight is 643 g/mol. The molecule has 0 spiro atoms. The summed E-state index contributed by atoms with van der Waals surface area (Å²) in [5.41, 5.74) is 14.2. The fourth-order valence-corrected chi connectivity index (χ4v) is 9.56. The third-order valence-electron chi connectivity index (χ3n) is 10.3. The van der Waals surface area contributed by atoms with E-state index in [2.05, 4.69) is 161 Å². The number of hydrogen-bond donors (Lipinski definition) is 0. The van der Waals surface area contributed by atoms with Crippen LogP contribution in [0.3, 0.4) is 0 Å². The van der Waals surface area contributed by atoms with Gasteiger partial charge in [0.1, 0.15) is 11.2 Å². The van der Waals surface area contributed by atoms with Crippen LogP contribution in [0.1, 0.15) is 0 Å². The molecule has 0 atom stereocenters. The first-order valence-corrected chi connectivity index (χ1v) is 17.5. The third-order valence-corrected chi connectivity index (χ3v) is 11.5. The summed E-state index contributed by atoms with van der Waals surface area (Å²) in [6.45, 7) is 0.136. The lowest BCUT2D eigenvalue weighted by molar-refractivity contribution is 0.669. The van der Waals surface area contributed by atoms with Crippen molar-refractivity contribution in [2.75, 3.05) is 9.80 Å². The molecule has 5 heteroatoms. The molecule has 0 aliphatic carbocycles. The van der Waals surface area contributed by atoms with Gasteiger partial charge in [-0.1, -0.05) is 103 Å². The molecule has 2 aliphatic rings. The predicted molar refractivity (Wildman–Crippen MR) is 209 cm³/mol. The molecule has 49 heavy (non-hydrogen) atoms. The molecule has 228 valence electrons. The fourth-order valence-electron chi connectivity index (χ4n) is 8.25. The minimum absolute atomic E-state index is 0.136. The van der Waals surface area contributed by atoms with Crippen molar-refractivity contribution in [1.82, 2.24) is 0 Å². The summed E-state index contributed by atoms with van der Waals surface area (Å²) >= 11 is 1.93. The number of hydrogen-bond acceptors (Lipinski definition) is 4. The number of benzene rings is 7. The number of rotatable bonds is 3. The predicted octanol–water partition coefficient (Wildman–Crippen LogP) is 10.6. The largest absolute Gasteiger partial charge is 0.456 e. The van der Waals surface area contributed by atoms with Crippen molar-refractivity contribution in [3.63, 3.8) is 0 Å². The van der Waals surface area contributed by atoms with Gasteiger partial charge in [-0.05, 0) is 82.7 Å². The van der Waals surface area contributed by atoms with E-state index in [9.17, 15) is 0 Å². The second-order valence-corrected chi connectivity index (χ2v) is 13.9. The Labute approximate surface area is 288 Å². The van der Waals surface area contributed by atoms with Gasteiger partial charge in [0.25, 0.3) is 6.71 Å². The van der Waals surface area contributed by atoms with Gasteiger partial charge in [0.2, 0.25) is 0 Å². The highest BCUT2D eigenvalue weighted by Crippen LogP contribution is 2.47. The van der Waals surface area contributed by atoms with Crippen molar-refractivity contribution >= 4 is 99.9 Å². The zero-order chi connectivity index (χ0) is 32.1. The van der Waals surface area contributed by atoms with Crippen LogP contribution in [0, 0.1) is 0 Å². The van der Waals surface area contributed by atoms with E-state index in [4.69, 9.17) is 4.42 Å². The van der Waals surface area contributed by atoms with E-state index >= 15 is 0 Å². The molecule has 0 fully saturated rings. The fraction of sp³-hybridized carbons (Fsp3) is 0. The molecule has 9 aromatic rings. The van der Waals surface area contributed by atoms with E-state index in [1.807, 2.05) is 23.5 Å². The second-order valence-electron chi connectivity index (χ2n) is 12.8. The molecule has 3 nitrogen and oxygen atoms in total. The molecule has 2 aliphatic heterocycles. The Balaban J connectivity index is 1.12. The first-order chi connectivity index (χ1) is 24.3. The molecule has 7 aromatic carbocycles. The molecule has 0 radical (unpaired) electrons. The molecule has 0 saturated heterocycles. The molecule has 4 heterocycles. The molecule has 0 saturated carbocycles. The number of para-hydroxylation sites is 3. The van der Waals surface area contributed by atoms with Gasteiger partial charge in [0, 0.05) is 54.1 Å². The van der Waals surface area contributed by atoms with E-state index in [0.717, 1.165) is 27.6 Å². The lowest BCUT2D eigenvalue weighted by Gasteiger charge is -2.43. The highest BCUT2D eigenvalue weighted by Gasteiger charge is 2.44. The summed E-state index contributed by atoms with van der Waals surface area (Å²) in [5.74, 6) is 0. The van der Waals surface area contributed by atoms with Crippen LogP contribution in [0.5, 0.6) is 0 Å². The molecular weight excluding hydrogens is 615 g/mol.